The molecular weight excluding hydrogens is 344 g/mol. The third-order valence-corrected chi connectivity index (χ3v) is 5.19. The van der Waals surface area contributed by atoms with Crippen molar-refractivity contribution in [2.24, 2.45) is 5.73 Å². The molecule has 20 heavy (non-hydrogen) atoms. The zero-order valence-corrected chi connectivity index (χ0v) is 12.6. The first-order valence-corrected chi connectivity index (χ1v) is 7.61. The largest absolute Gasteiger partial charge is 0.320 e. The number of rotatable bonds is 2. The fourth-order valence-corrected chi connectivity index (χ4v) is 3.83. The van der Waals surface area contributed by atoms with Crippen LogP contribution in [0.15, 0.2) is 46.3 Å². The molecule has 5 heteroatoms. The van der Waals surface area contributed by atoms with Crippen molar-refractivity contribution in [1.29, 1.82) is 0 Å². The molecule has 0 saturated heterocycles. The van der Waals surface area contributed by atoms with Gasteiger partial charge in [0.25, 0.3) is 0 Å². The third-order valence-electron chi connectivity index (χ3n) is 3.22. The van der Waals surface area contributed by atoms with E-state index in [0.29, 0.717) is 5.56 Å². The SMILES string of the molecule is NC(c1ccc(F)c(F)c1)c1csc2c(Br)cccc12. The molecule has 2 N–H and O–H groups in total. The quantitative estimate of drug-likeness (QED) is 0.689. The van der Waals surface area contributed by atoms with E-state index in [2.05, 4.69) is 15.9 Å². The summed E-state index contributed by atoms with van der Waals surface area (Å²) < 4.78 is 28.4. The Bertz CT molecular complexity index is 785. The number of benzene rings is 2. The molecule has 0 saturated carbocycles. The van der Waals surface area contributed by atoms with Crippen molar-refractivity contribution in [3.8, 4) is 0 Å². The predicted molar refractivity (Wildman–Crippen MR) is 81.9 cm³/mol. The van der Waals surface area contributed by atoms with Crippen molar-refractivity contribution in [1.82, 2.24) is 0 Å². The molecule has 3 aromatic rings. The maximum atomic E-state index is 13.3. The second-order valence-electron chi connectivity index (χ2n) is 4.46. The molecule has 1 nitrogen and oxygen atoms in total. The van der Waals surface area contributed by atoms with E-state index in [0.717, 1.165) is 32.3 Å². The highest BCUT2D eigenvalue weighted by atomic mass is 79.9. The zero-order chi connectivity index (χ0) is 14.3. The van der Waals surface area contributed by atoms with Crippen LogP contribution in [-0.2, 0) is 0 Å². The normalized spacial score (nSPS) is 12.8. The molecular formula is C15H10BrF2NS. The van der Waals surface area contributed by atoms with Gasteiger partial charge < -0.3 is 5.73 Å². The van der Waals surface area contributed by atoms with Crippen LogP contribution < -0.4 is 5.73 Å². The van der Waals surface area contributed by atoms with Gasteiger partial charge in [-0.15, -0.1) is 11.3 Å². The Morgan fingerprint density at radius 2 is 1.90 bits per heavy atom. The van der Waals surface area contributed by atoms with Crippen LogP contribution in [0.3, 0.4) is 0 Å². The van der Waals surface area contributed by atoms with Crippen molar-refractivity contribution in [3.63, 3.8) is 0 Å². The molecule has 2 aromatic carbocycles. The summed E-state index contributed by atoms with van der Waals surface area (Å²) in [4.78, 5) is 0. The van der Waals surface area contributed by atoms with Crippen LogP contribution in [0.4, 0.5) is 8.78 Å². The van der Waals surface area contributed by atoms with Gasteiger partial charge in [0, 0.05) is 9.17 Å². The maximum absolute atomic E-state index is 13.3. The minimum Gasteiger partial charge on any atom is -0.320 e. The van der Waals surface area contributed by atoms with E-state index in [-0.39, 0.29) is 0 Å². The van der Waals surface area contributed by atoms with Gasteiger partial charge in [-0.2, -0.15) is 0 Å². The molecule has 102 valence electrons. The van der Waals surface area contributed by atoms with Crippen molar-refractivity contribution in [2.45, 2.75) is 6.04 Å². The highest BCUT2D eigenvalue weighted by molar-refractivity contribution is 9.10. The standard InChI is InChI=1S/C15H10BrF2NS/c16-11-3-1-2-9-10(7-20-15(9)11)14(19)8-4-5-12(17)13(18)6-8/h1-7,14H,19H2. The summed E-state index contributed by atoms with van der Waals surface area (Å²) in [6.07, 6.45) is 0. The first kappa shape index (κ1) is 13.7. The van der Waals surface area contributed by atoms with E-state index < -0.39 is 17.7 Å². The average molecular weight is 354 g/mol. The van der Waals surface area contributed by atoms with Crippen molar-refractivity contribution in [3.05, 3.63) is 69.0 Å². The van der Waals surface area contributed by atoms with Gasteiger partial charge in [0.05, 0.1) is 6.04 Å². The Hall–Kier alpha value is -1.30. The fraction of sp³-hybridized carbons (Fsp3) is 0.0667. The third kappa shape index (κ3) is 2.26. The van der Waals surface area contributed by atoms with E-state index in [1.54, 1.807) is 11.3 Å². The Balaban J connectivity index is 2.10. The highest BCUT2D eigenvalue weighted by Crippen LogP contribution is 2.36. The molecule has 0 aliphatic carbocycles. The van der Waals surface area contributed by atoms with Gasteiger partial charge >= 0.3 is 0 Å². The van der Waals surface area contributed by atoms with E-state index in [1.807, 2.05) is 23.6 Å². The Morgan fingerprint density at radius 1 is 1.10 bits per heavy atom. The number of nitrogens with two attached hydrogens (primary N) is 1. The summed E-state index contributed by atoms with van der Waals surface area (Å²) in [5, 5.41) is 2.99. The summed E-state index contributed by atoms with van der Waals surface area (Å²) in [7, 11) is 0. The number of hydrogen-bond acceptors (Lipinski definition) is 2. The molecule has 0 radical (unpaired) electrons. The lowest BCUT2D eigenvalue weighted by atomic mass is 9.99. The molecule has 1 heterocycles. The Morgan fingerprint density at radius 3 is 2.65 bits per heavy atom. The number of hydrogen-bond donors (Lipinski definition) is 1. The molecule has 0 amide bonds. The summed E-state index contributed by atoms with van der Waals surface area (Å²) in [5.41, 5.74) is 7.67. The van der Waals surface area contributed by atoms with Crippen LogP contribution in [0.1, 0.15) is 17.2 Å². The van der Waals surface area contributed by atoms with Crippen LogP contribution in [-0.4, -0.2) is 0 Å². The lowest BCUT2D eigenvalue weighted by Crippen LogP contribution is -2.11. The Kier molecular flexibility index (Phi) is 3.58. The summed E-state index contributed by atoms with van der Waals surface area (Å²) >= 11 is 5.07. The van der Waals surface area contributed by atoms with E-state index in [4.69, 9.17) is 5.73 Å². The molecule has 3 rings (SSSR count). The van der Waals surface area contributed by atoms with Crippen LogP contribution >= 0.6 is 27.3 Å². The highest BCUT2D eigenvalue weighted by Gasteiger charge is 2.16. The van der Waals surface area contributed by atoms with E-state index >= 15 is 0 Å². The minimum atomic E-state index is -0.876. The molecule has 0 bridgehead atoms. The molecule has 1 unspecified atom stereocenters. The molecule has 0 aliphatic rings. The van der Waals surface area contributed by atoms with Gasteiger partial charge in [0.15, 0.2) is 11.6 Å². The molecule has 1 aromatic heterocycles. The first-order chi connectivity index (χ1) is 9.58. The van der Waals surface area contributed by atoms with Crippen LogP contribution in [0.5, 0.6) is 0 Å². The topological polar surface area (TPSA) is 26.0 Å². The first-order valence-electron chi connectivity index (χ1n) is 5.94. The second kappa shape index (κ2) is 5.24. The average Bonchev–Trinajstić information content (AvgIpc) is 2.86. The monoisotopic (exact) mass is 353 g/mol. The minimum absolute atomic E-state index is 0.479. The van der Waals surface area contributed by atoms with Gasteiger partial charge in [-0.25, -0.2) is 8.78 Å². The fourth-order valence-electron chi connectivity index (χ4n) is 2.17. The molecule has 0 aliphatic heterocycles. The van der Waals surface area contributed by atoms with Gasteiger partial charge in [-0.05, 0) is 56.0 Å². The van der Waals surface area contributed by atoms with E-state index in [9.17, 15) is 8.78 Å². The van der Waals surface area contributed by atoms with E-state index in [1.165, 1.54) is 6.07 Å². The summed E-state index contributed by atoms with van der Waals surface area (Å²) in [6, 6.07) is 9.17. The predicted octanol–water partition coefficient (Wildman–Crippen LogP) is 4.99. The smallest absolute Gasteiger partial charge is 0.159 e. The number of fused-ring (bicyclic) bond motifs is 1. The number of thiophene rings is 1. The van der Waals surface area contributed by atoms with Gasteiger partial charge in [0.1, 0.15) is 0 Å². The van der Waals surface area contributed by atoms with Crippen molar-refractivity contribution < 1.29 is 8.78 Å². The zero-order valence-electron chi connectivity index (χ0n) is 10.2. The maximum Gasteiger partial charge on any atom is 0.159 e. The number of halogens is 3. The lowest BCUT2D eigenvalue weighted by Gasteiger charge is -2.12. The van der Waals surface area contributed by atoms with Crippen LogP contribution in [0, 0.1) is 11.6 Å². The van der Waals surface area contributed by atoms with Gasteiger partial charge in [0.2, 0.25) is 0 Å². The van der Waals surface area contributed by atoms with Crippen molar-refractivity contribution in [2.75, 3.05) is 0 Å². The second-order valence-corrected chi connectivity index (χ2v) is 6.19. The van der Waals surface area contributed by atoms with Gasteiger partial charge in [-0.1, -0.05) is 18.2 Å². The van der Waals surface area contributed by atoms with Crippen LogP contribution in [0.25, 0.3) is 10.1 Å². The van der Waals surface area contributed by atoms with Gasteiger partial charge in [-0.3, -0.25) is 0 Å². The van der Waals surface area contributed by atoms with Crippen molar-refractivity contribution >= 4 is 37.4 Å². The summed E-state index contributed by atoms with van der Waals surface area (Å²) in [5.74, 6) is -1.74. The molecule has 0 fully saturated rings. The molecule has 1 atom stereocenters. The van der Waals surface area contributed by atoms with Crippen LogP contribution in [0.2, 0.25) is 0 Å². The summed E-state index contributed by atoms with van der Waals surface area (Å²) in [6.45, 7) is 0. The lowest BCUT2D eigenvalue weighted by molar-refractivity contribution is 0.506. The molecule has 0 spiro atoms. The Labute approximate surface area is 127 Å².